The third-order valence-electron chi connectivity index (χ3n) is 3.79. The van der Waals surface area contributed by atoms with Crippen LogP contribution in [0.4, 0.5) is 11.4 Å². The Morgan fingerprint density at radius 1 is 1.50 bits per heavy atom. The number of aromatic nitrogens is 1. The summed E-state index contributed by atoms with van der Waals surface area (Å²) < 4.78 is 5.47. The Morgan fingerprint density at radius 2 is 2.32 bits per heavy atom. The second-order valence-corrected chi connectivity index (χ2v) is 5.36. The van der Waals surface area contributed by atoms with E-state index in [-0.39, 0.29) is 18.4 Å². The molecule has 22 heavy (non-hydrogen) atoms. The summed E-state index contributed by atoms with van der Waals surface area (Å²) in [5.74, 6) is 0. The number of fused-ring (bicyclic) bond motifs is 1. The fraction of sp³-hybridized carbons (Fsp3) is 0.400. The van der Waals surface area contributed by atoms with Gasteiger partial charge in [0.1, 0.15) is 0 Å². The van der Waals surface area contributed by atoms with Crippen molar-refractivity contribution >= 4 is 22.3 Å². The van der Waals surface area contributed by atoms with Gasteiger partial charge in [-0.1, -0.05) is 0 Å². The van der Waals surface area contributed by atoms with Crippen molar-refractivity contribution in [2.45, 2.75) is 13.0 Å². The van der Waals surface area contributed by atoms with Gasteiger partial charge in [0.05, 0.1) is 29.8 Å². The first kappa shape index (κ1) is 14.7. The average molecular weight is 303 g/mol. The highest BCUT2D eigenvalue weighted by atomic mass is 16.6. The third kappa shape index (κ3) is 2.72. The minimum atomic E-state index is -0.404. The maximum absolute atomic E-state index is 11.0. The summed E-state index contributed by atoms with van der Waals surface area (Å²) in [5.41, 5.74) is 2.52. The van der Waals surface area contributed by atoms with E-state index in [9.17, 15) is 15.2 Å². The van der Waals surface area contributed by atoms with Gasteiger partial charge in [-0.15, -0.1) is 0 Å². The Balaban J connectivity index is 2.10. The van der Waals surface area contributed by atoms with Crippen molar-refractivity contribution in [3.05, 3.63) is 40.1 Å². The molecule has 1 N–H and O–H groups in total. The standard InChI is InChI=1S/C15H17N3O4/c1-10-6-15(17-4-5-22-12(8-17)9-19)13-7-11(18(20)21)2-3-14(13)16-10/h2-3,6-7,12,19H,4-5,8-9H2,1H3. The number of aryl methyl sites for hydroxylation is 1. The number of hydrogen-bond donors (Lipinski definition) is 1. The molecule has 1 saturated heterocycles. The summed E-state index contributed by atoms with van der Waals surface area (Å²) in [6.45, 7) is 3.60. The molecule has 1 atom stereocenters. The van der Waals surface area contributed by atoms with Gasteiger partial charge < -0.3 is 14.7 Å². The van der Waals surface area contributed by atoms with Crippen LogP contribution < -0.4 is 4.90 Å². The number of morpholine rings is 1. The lowest BCUT2D eigenvalue weighted by Crippen LogP contribution is -2.44. The molecule has 116 valence electrons. The monoisotopic (exact) mass is 303 g/mol. The molecule has 1 fully saturated rings. The van der Waals surface area contributed by atoms with Crippen LogP contribution in [0, 0.1) is 17.0 Å². The van der Waals surface area contributed by atoms with Gasteiger partial charge in [0.15, 0.2) is 0 Å². The van der Waals surface area contributed by atoms with Crippen LogP contribution in [0.25, 0.3) is 10.9 Å². The number of anilines is 1. The molecule has 0 bridgehead atoms. The van der Waals surface area contributed by atoms with Crippen molar-refractivity contribution in [1.29, 1.82) is 0 Å². The molecule has 3 rings (SSSR count). The van der Waals surface area contributed by atoms with Crippen LogP contribution in [-0.2, 0) is 4.74 Å². The number of ether oxygens (including phenoxy) is 1. The quantitative estimate of drug-likeness (QED) is 0.685. The maximum Gasteiger partial charge on any atom is 0.270 e. The number of hydrogen-bond acceptors (Lipinski definition) is 6. The van der Waals surface area contributed by atoms with Crippen LogP contribution in [0.3, 0.4) is 0 Å². The second kappa shape index (κ2) is 5.86. The van der Waals surface area contributed by atoms with E-state index in [2.05, 4.69) is 9.88 Å². The van der Waals surface area contributed by atoms with E-state index in [0.717, 1.165) is 22.3 Å². The molecule has 0 amide bonds. The van der Waals surface area contributed by atoms with Crippen molar-refractivity contribution in [3.8, 4) is 0 Å². The molecule has 1 aliphatic rings. The van der Waals surface area contributed by atoms with Crippen molar-refractivity contribution in [1.82, 2.24) is 4.98 Å². The number of nitrogens with zero attached hydrogens (tertiary/aromatic N) is 3. The molecule has 1 aliphatic heterocycles. The van der Waals surface area contributed by atoms with E-state index >= 15 is 0 Å². The van der Waals surface area contributed by atoms with Crippen LogP contribution in [0.2, 0.25) is 0 Å². The van der Waals surface area contributed by atoms with Gasteiger partial charge in [0.25, 0.3) is 5.69 Å². The van der Waals surface area contributed by atoms with Crippen LogP contribution in [0.5, 0.6) is 0 Å². The van der Waals surface area contributed by atoms with Gasteiger partial charge in [-0.25, -0.2) is 0 Å². The van der Waals surface area contributed by atoms with Gasteiger partial charge in [-0.3, -0.25) is 15.1 Å². The Bertz CT molecular complexity index is 719. The van der Waals surface area contributed by atoms with E-state index in [4.69, 9.17) is 4.74 Å². The normalized spacial score (nSPS) is 18.6. The van der Waals surface area contributed by atoms with Crippen LogP contribution in [0.15, 0.2) is 24.3 Å². The fourth-order valence-electron chi connectivity index (χ4n) is 2.75. The molecule has 1 aromatic heterocycles. The zero-order valence-corrected chi connectivity index (χ0v) is 12.2. The largest absolute Gasteiger partial charge is 0.394 e. The second-order valence-electron chi connectivity index (χ2n) is 5.36. The summed E-state index contributed by atoms with van der Waals surface area (Å²) >= 11 is 0. The highest BCUT2D eigenvalue weighted by molar-refractivity contribution is 5.93. The van der Waals surface area contributed by atoms with Gasteiger partial charge in [0.2, 0.25) is 0 Å². The molecule has 0 radical (unpaired) electrons. The van der Waals surface area contributed by atoms with Gasteiger partial charge in [-0.2, -0.15) is 0 Å². The number of non-ortho nitro benzene ring substituents is 1. The number of nitro groups is 1. The number of pyridine rings is 1. The highest BCUT2D eigenvalue weighted by Gasteiger charge is 2.22. The van der Waals surface area contributed by atoms with Gasteiger partial charge >= 0.3 is 0 Å². The molecule has 7 nitrogen and oxygen atoms in total. The Hall–Kier alpha value is -2.25. The lowest BCUT2D eigenvalue weighted by molar-refractivity contribution is -0.384. The van der Waals surface area contributed by atoms with Gasteiger partial charge in [-0.05, 0) is 19.1 Å². The number of aliphatic hydroxyl groups is 1. The summed E-state index contributed by atoms with van der Waals surface area (Å²) in [7, 11) is 0. The smallest absolute Gasteiger partial charge is 0.270 e. The van der Waals surface area contributed by atoms with E-state index in [1.165, 1.54) is 6.07 Å². The number of aliphatic hydroxyl groups excluding tert-OH is 1. The first-order valence-electron chi connectivity index (χ1n) is 7.11. The molecule has 0 saturated carbocycles. The Kier molecular flexibility index (Phi) is 3.91. The highest BCUT2D eigenvalue weighted by Crippen LogP contribution is 2.31. The number of benzene rings is 1. The molecule has 0 aliphatic carbocycles. The lowest BCUT2D eigenvalue weighted by Gasteiger charge is -2.34. The Labute approximate surface area is 127 Å². The molecule has 2 heterocycles. The van der Waals surface area contributed by atoms with Crippen molar-refractivity contribution in [2.24, 2.45) is 0 Å². The van der Waals surface area contributed by atoms with Crippen LogP contribution >= 0.6 is 0 Å². The summed E-state index contributed by atoms with van der Waals surface area (Å²) in [6.07, 6.45) is -0.240. The summed E-state index contributed by atoms with van der Waals surface area (Å²) in [6, 6.07) is 6.62. The predicted molar refractivity (Wildman–Crippen MR) is 82.2 cm³/mol. The molecule has 1 unspecified atom stereocenters. The molecule has 2 aromatic rings. The fourth-order valence-corrected chi connectivity index (χ4v) is 2.75. The SMILES string of the molecule is Cc1cc(N2CCOC(CO)C2)c2cc([N+](=O)[O-])ccc2n1. The third-order valence-corrected chi connectivity index (χ3v) is 3.79. The molecular weight excluding hydrogens is 286 g/mol. The molecular formula is C15H17N3O4. The summed E-state index contributed by atoms with van der Waals surface area (Å²) in [5, 5.41) is 21.1. The summed E-state index contributed by atoms with van der Waals surface area (Å²) in [4.78, 5) is 17.1. The van der Waals surface area contributed by atoms with Crippen molar-refractivity contribution < 1.29 is 14.8 Å². The lowest BCUT2D eigenvalue weighted by atomic mass is 10.1. The van der Waals surface area contributed by atoms with E-state index in [1.54, 1.807) is 12.1 Å². The van der Waals surface area contributed by atoms with Crippen LogP contribution in [-0.4, -0.2) is 47.4 Å². The topological polar surface area (TPSA) is 88.7 Å². The number of nitro benzene ring substituents is 1. The van der Waals surface area contributed by atoms with Crippen LogP contribution in [0.1, 0.15) is 5.69 Å². The minimum absolute atomic E-state index is 0.0430. The Morgan fingerprint density at radius 3 is 3.05 bits per heavy atom. The van der Waals surface area contributed by atoms with Crippen molar-refractivity contribution in [3.63, 3.8) is 0 Å². The first-order chi connectivity index (χ1) is 10.6. The zero-order valence-electron chi connectivity index (χ0n) is 12.2. The molecule has 7 heteroatoms. The minimum Gasteiger partial charge on any atom is -0.394 e. The first-order valence-corrected chi connectivity index (χ1v) is 7.11. The molecule has 1 aromatic carbocycles. The maximum atomic E-state index is 11.0. The van der Waals surface area contributed by atoms with E-state index in [0.29, 0.717) is 19.7 Å². The predicted octanol–water partition coefficient (Wildman–Crippen LogP) is 1.65. The van der Waals surface area contributed by atoms with E-state index < -0.39 is 4.92 Å². The van der Waals surface area contributed by atoms with Gasteiger partial charge in [0, 0.05) is 42.0 Å². The average Bonchev–Trinajstić information content (AvgIpc) is 2.53. The van der Waals surface area contributed by atoms with Crippen molar-refractivity contribution in [2.75, 3.05) is 31.2 Å². The number of rotatable bonds is 3. The molecule has 0 spiro atoms. The zero-order chi connectivity index (χ0) is 15.7. The van der Waals surface area contributed by atoms with E-state index in [1.807, 2.05) is 13.0 Å².